The summed E-state index contributed by atoms with van der Waals surface area (Å²) in [4.78, 5) is 3.84. The second kappa shape index (κ2) is 4.46. The lowest BCUT2D eigenvalue weighted by Gasteiger charge is -2.09. The molecule has 0 fully saturated rings. The maximum Gasteiger partial charge on any atom is 0.266 e. The van der Waals surface area contributed by atoms with Crippen molar-refractivity contribution in [2.45, 2.75) is 18.7 Å². The molecule has 0 radical (unpaired) electrons. The van der Waals surface area contributed by atoms with Crippen LogP contribution in [0.4, 0.5) is 8.78 Å². The number of hydrogen-bond donors (Lipinski definition) is 0. The fourth-order valence-corrected chi connectivity index (χ4v) is 2.16. The predicted octanol–water partition coefficient (Wildman–Crippen LogP) is 3.99. The van der Waals surface area contributed by atoms with Gasteiger partial charge in [-0.05, 0) is 34.0 Å². The van der Waals surface area contributed by atoms with E-state index in [1.54, 1.807) is 13.1 Å². The van der Waals surface area contributed by atoms with Crippen molar-refractivity contribution in [2.75, 3.05) is 0 Å². The molecule has 0 amide bonds. The quantitative estimate of drug-likeness (QED) is 0.594. The number of aromatic nitrogens is 1. The second-order valence-corrected chi connectivity index (χ2v) is 3.86. The van der Waals surface area contributed by atoms with Gasteiger partial charge in [-0.3, -0.25) is 0 Å². The molecular weight excluding hydrogens is 308 g/mol. The molecule has 1 heterocycles. The van der Waals surface area contributed by atoms with Crippen LogP contribution in [0, 0.1) is 6.92 Å². The van der Waals surface area contributed by atoms with Crippen molar-refractivity contribution in [1.29, 1.82) is 0 Å². The highest BCUT2D eigenvalue weighted by Gasteiger charge is 2.17. The number of hydrogen-bond acceptors (Lipinski definition) is 1. The molecule has 0 bridgehead atoms. The number of alkyl halides is 3. The van der Waals surface area contributed by atoms with Gasteiger partial charge in [0.2, 0.25) is 0 Å². The SMILES string of the molecule is Cc1c(CBr)cnc(Br)c1C(F)F. The minimum Gasteiger partial charge on any atom is -0.249 e. The first-order chi connectivity index (χ1) is 6.07. The number of rotatable bonds is 2. The fraction of sp³-hybridized carbons (Fsp3) is 0.375. The number of nitrogens with zero attached hydrogens (tertiary/aromatic N) is 1. The second-order valence-electron chi connectivity index (χ2n) is 2.55. The van der Waals surface area contributed by atoms with Gasteiger partial charge in [-0.25, -0.2) is 13.8 Å². The highest BCUT2D eigenvalue weighted by Crippen LogP contribution is 2.30. The van der Waals surface area contributed by atoms with E-state index in [2.05, 4.69) is 36.8 Å². The van der Waals surface area contributed by atoms with Crippen molar-refractivity contribution >= 4 is 31.9 Å². The Balaban J connectivity index is 3.30. The number of pyridine rings is 1. The van der Waals surface area contributed by atoms with E-state index in [9.17, 15) is 8.78 Å². The average Bonchev–Trinajstić information content (AvgIpc) is 2.04. The summed E-state index contributed by atoms with van der Waals surface area (Å²) in [7, 11) is 0. The molecule has 72 valence electrons. The Bertz CT molecular complexity index is 315. The first-order valence-corrected chi connectivity index (χ1v) is 5.47. The van der Waals surface area contributed by atoms with Crippen molar-refractivity contribution in [3.05, 3.63) is 27.5 Å². The molecule has 0 aliphatic heterocycles. The fourth-order valence-electron chi connectivity index (χ4n) is 1.02. The molecule has 13 heavy (non-hydrogen) atoms. The number of halogens is 4. The van der Waals surface area contributed by atoms with Crippen LogP contribution in [0.5, 0.6) is 0 Å². The summed E-state index contributed by atoms with van der Waals surface area (Å²) in [5, 5.41) is 0.541. The zero-order chi connectivity index (χ0) is 10.0. The first-order valence-electron chi connectivity index (χ1n) is 3.56. The van der Waals surface area contributed by atoms with Crippen LogP contribution in [0.3, 0.4) is 0 Å². The molecule has 5 heteroatoms. The van der Waals surface area contributed by atoms with Gasteiger partial charge in [0.05, 0.1) is 5.56 Å². The van der Waals surface area contributed by atoms with E-state index in [-0.39, 0.29) is 10.2 Å². The molecule has 0 unspecified atom stereocenters. The Kier molecular flexibility index (Phi) is 3.79. The maximum absolute atomic E-state index is 12.5. The summed E-state index contributed by atoms with van der Waals surface area (Å²) in [5.74, 6) is 0. The zero-order valence-electron chi connectivity index (χ0n) is 6.82. The monoisotopic (exact) mass is 313 g/mol. The largest absolute Gasteiger partial charge is 0.266 e. The lowest BCUT2D eigenvalue weighted by molar-refractivity contribution is 0.149. The smallest absolute Gasteiger partial charge is 0.249 e. The van der Waals surface area contributed by atoms with E-state index in [0.717, 1.165) is 5.56 Å². The molecule has 0 spiro atoms. The molecule has 1 nitrogen and oxygen atoms in total. The topological polar surface area (TPSA) is 12.9 Å². The third kappa shape index (κ3) is 2.26. The van der Waals surface area contributed by atoms with Crippen LogP contribution in [0.25, 0.3) is 0 Å². The van der Waals surface area contributed by atoms with Gasteiger partial charge in [-0.2, -0.15) is 0 Å². The average molecular weight is 315 g/mol. The molecule has 0 aliphatic rings. The van der Waals surface area contributed by atoms with E-state index < -0.39 is 6.43 Å². The first kappa shape index (κ1) is 11.0. The molecule has 0 saturated carbocycles. The Hall–Kier alpha value is -0.0300. The van der Waals surface area contributed by atoms with E-state index in [1.165, 1.54) is 0 Å². The maximum atomic E-state index is 12.5. The van der Waals surface area contributed by atoms with Crippen molar-refractivity contribution in [3.63, 3.8) is 0 Å². The summed E-state index contributed by atoms with van der Waals surface area (Å²) in [6.07, 6.45) is -0.902. The van der Waals surface area contributed by atoms with Crippen LogP contribution in [-0.4, -0.2) is 4.98 Å². The van der Waals surface area contributed by atoms with Crippen LogP contribution in [0.2, 0.25) is 0 Å². The van der Waals surface area contributed by atoms with E-state index in [4.69, 9.17) is 0 Å². The molecule has 1 aromatic rings. The minimum absolute atomic E-state index is 0.0167. The van der Waals surface area contributed by atoms with Crippen LogP contribution >= 0.6 is 31.9 Å². The standard InChI is InChI=1S/C8H7Br2F2N/c1-4-5(2-9)3-13-7(10)6(4)8(11)12/h3,8H,2H2,1H3. The van der Waals surface area contributed by atoms with E-state index in [1.807, 2.05) is 0 Å². The van der Waals surface area contributed by atoms with Gasteiger partial charge < -0.3 is 0 Å². The summed E-state index contributed by atoms with van der Waals surface area (Å²) >= 11 is 6.22. The van der Waals surface area contributed by atoms with Crippen LogP contribution in [0.15, 0.2) is 10.8 Å². The molecular formula is C8H7Br2F2N. The molecule has 0 aliphatic carbocycles. The Morgan fingerprint density at radius 2 is 2.15 bits per heavy atom. The predicted molar refractivity (Wildman–Crippen MR) is 54.3 cm³/mol. The highest BCUT2D eigenvalue weighted by molar-refractivity contribution is 9.10. The van der Waals surface area contributed by atoms with E-state index >= 15 is 0 Å². The van der Waals surface area contributed by atoms with Gasteiger partial charge in [0.15, 0.2) is 0 Å². The summed E-state index contributed by atoms with van der Waals surface area (Å²) in [5.41, 5.74) is 1.37. The summed E-state index contributed by atoms with van der Waals surface area (Å²) < 4.78 is 25.3. The van der Waals surface area contributed by atoms with Gasteiger partial charge in [0.25, 0.3) is 6.43 Å². The van der Waals surface area contributed by atoms with Gasteiger partial charge in [0.1, 0.15) is 4.60 Å². The van der Waals surface area contributed by atoms with Crippen molar-refractivity contribution in [2.24, 2.45) is 0 Å². The van der Waals surface area contributed by atoms with Crippen molar-refractivity contribution in [1.82, 2.24) is 4.98 Å². The van der Waals surface area contributed by atoms with Gasteiger partial charge in [0, 0.05) is 11.5 Å². The Labute approximate surface area is 91.8 Å². The lowest BCUT2D eigenvalue weighted by atomic mass is 10.1. The van der Waals surface area contributed by atoms with Gasteiger partial charge >= 0.3 is 0 Å². The van der Waals surface area contributed by atoms with Crippen molar-refractivity contribution < 1.29 is 8.78 Å². The highest BCUT2D eigenvalue weighted by atomic mass is 79.9. The third-order valence-electron chi connectivity index (χ3n) is 1.80. The normalized spacial score (nSPS) is 10.9. The zero-order valence-corrected chi connectivity index (χ0v) is 9.99. The summed E-state index contributed by atoms with van der Waals surface area (Å²) in [6, 6.07) is 0. The lowest BCUT2D eigenvalue weighted by Crippen LogP contribution is -1.98. The molecule has 0 saturated heterocycles. The molecule has 0 atom stereocenters. The molecule has 0 aromatic carbocycles. The summed E-state index contributed by atoms with van der Waals surface area (Å²) in [6.45, 7) is 1.67. The molecule has 1 rings (SSSR count). The van der Waals surface area contributed by atoms with Crippen LogP contribution in [0.1, 0.15) is 23.1 Å². The van der Waals surface area contributed by atoms with E-state index in [0.29, 0.717) is 10.9 Å². The molecule has 0 N–H and O–H groups in total. The Morgan fingerprint density at radius 3 is 2.62 bits per heavy atom. The van der Waals surface area contributed by atoms with Crippen molar-refractivity contribution in [3.8, 4) is 0 Å². The van der Waals surface area contributed by atoms with Gasteiger partial charge in [-0.1, -0.05) is 15.9 Å². The Morgan fingerprint density at radius 1 is 1.54 bits per heavy atom. The third-order valence-corrected chi connectivity index (χ3v) is 3.04. The van der Waals surface area contributed by atoms with Gasteiger partial charge in [-0.15, -0.1) is 0 Å². The molecule has 1 aromatic heterocycles. The minimum atomic E-state index is -2.49. The van der Waals surface area contributed by atoms with Crippen LogP contribution < -0.4 is 0 Å². The van der Waals surface area contributed by atoms with Crippen LogP contribution in [-0.2, 0) is 5.33 Å².